The monoisotopic (exact) mass is 385 g/mol. The van der Waals surface area contributed by atoms with Gasteiger partial charge in [0, 0.05) is 38.4 Å². The molecule has 0 bridgehead atoms. The van der Waals surface area contributed by atoms with Gasteiger partial charge in [0.2, 0.25) is 0 Å². The molecule has 1 atom stereocenters. The molecule has 1 saturated heterocycles. The van der Waals surface area contributed by atoms with Gasteiger partial charge in [-0.25, -0.2) is 4.39 Å². The van der Waals surface area contributed by atoms with Gasteiger partial charge < -0.3 is 19.9 Å². The lowest BCUT2D eigenvalue weighted by molar-refractivity contribution is -0.128. The Hall–Kier alpha value is -2.60. The van der Waals surface area contributed by atoms with Crippen LogP contribution in [0.2, 0.25) is 0 Å². The summed E-state index contributed by atoms with van der Waals surface area (Å²) in [7, 11) is 2.14. The van der Waals surface area contributed by atoms with E-state index in [1.807, 2.05) is 19.1 Å². The second kappa shape index (κ2) is 9.55. The topological polar surface area (TPSA) is 44.8 Å². The third kappa shape index (κ3) is 5.23. The number of anilines is 1. The third-order valence-electron chi connectivity index (χ3n) is 5.04. The fourth-order valence-corrected chi connectivity index (χ4v) is 3.21. The van der Waals surface area contributed by atoms with E-state index in [0.717, 1.165) is 31.7 Å². The highest BCUT2D eigenvalue weighted by Crippen LogP contribution is 2.19. The number of rotatable bonds is 7. The summed E-state index contributed by atoms with van der Waals surface area (Å²) in [6.07, 6.45) is -0.260. The van der Waals surface area contributed by atoms with E-state index >= 15 is 0 Å². The standard InChI is InChI=1S/C22H28FN3O2/c1-3-20(28-21-7-5-4-6-19(21)23)22(27)24-16-17-8-10-18(11-9-17)26-14-12-25(2)13-15-26/h4-11,20H,3,12-16H2,1-2H3,(H,24,27). The van der Waals surface area contributed by atoms with Gasteiger partial charge in [-0.05, 0) is 43.3 Å². The van der Waals surface area contributed by atoms with Crippen molar-refractivity contribution in [2.24, 2.45) is 0 Å². The van der Waals surface area contributed by atoms with Crippen LogP contribution in [0.3, 0.4) is 0 Å². The number of likely N-dealkylation sites (N-methyl/N-ethyl adjacent to an activating group) is 1. The van der Waals surface area contributed by atoms with Gasteiger partial charge in [0.25, 0.3) is 5.91 Å². The Kier molecular flexibility index (Phi) is 6.87. The number of halogens is 1. The highest BCUT2D eigenvalue weighted by Gasteiger charge is 2.19. The Morgan fingerprint density at radius 2 is 1.79 bits per heavy atom. The van der Waals surface area contributed by atoms with Gasteiger partial charge in [-0.15, -0.1) is 0 Å². The van der Waals surface area contributed by atoms with Gasteiger partial charge in [-0.2, -0.15) is 0 Å². The van der Waals surface area contributed by atoms with Crippen LogP contribution in [0.25, 0.3) is 0 Å². The first-order chi connectivity index (χ1) is 13.6. The Morgan fingerprint density at radius 1 is 1.11 bits per heavy atom. The van der Waals surface area contributed by atoms with Crippen LogP contribution in [0.1, 0.15) is 18.9 Å². The van der Waals surface area contributed by atoms with E-state index < -0.39 is 11.9 Å². The van der Waals surface area contributed by atoms with Crippen molar-refractivity contribution in [3.8, 4) is 5.75 Å². The van der Waals surface area contributed by atoms with E-state index in [2.05, 4.69) is 34.3 Å². The molecular formula is C22H28FN3O2. The van der Waals surface area contributed by atoms with E-state index in [1.165, 1.54) is 17.8 Å². The van der Waals surface area contributed by atoms with Crippen molar-refractivity contribution in [1.82, 2.24) is 10.2 Å². The number of para-hydroxylation sites is 1. The van der Waals surface area contributed by atoms with E-state index in [0.29, 0.717) is 13.0 Å². The average molecular weight is 385 g/mol. The quantitative estimate of drug-likeness (QED) is 0.796. The molecule has 0 aromatic heterocycles. The molecule has 6 heteroatoms. The number of carbonyl (C=O) groups is 1. The van der Waals surface area contributed by atoms with Gasteiger partial charge in [-0.3, -0.25) is 4.79 Å². The zero-order valence-corrected chi connectivity index (χ0v) is 16.5. The fourth-order valence-electron chi connectivity index (χ4n) is 3.21. The van der Waals surface area contributed by atoms with E-state index in [1.54, 1.807) is 12.1 Å². The second-order valence-corrected chi connectivity index (χ2v) is 7.12. The van der Waals surface area contributed by atoms with Crippen LogP contribution in [-0.4, -0.2) is 50.1 Å². The number of ether oxygens (including phenoxy) is 1. The maximum absolute atomic E-state index is 13.7. The van der Waals surface area contributed by atoms with E-state index in [-0.39, 0.29) is 11.7 Å². The van der Waals surface area contributed by atoms with Gasteiger partial charge in [-0.1, -0.05) is 31.2 Å². The number of carbonyl (C=O) groups excluding carboxylic acids is 1. The van der Waals surface area contributed by atoms with Crippen LogP contribution in [0, 0.1) is 5.82 Å². The number of nitrogens with zero attached hydrogens (tertiary/aromatic N) is 2. The molecule has 0 saturated carbocycles. The molecule has 1 N–H and O–H groups in total. The summed E-state index contributed by atoms with van der Waals surface area (Å²) in [6, 6.07) is 14.4. The highest BCUT2D eigenvalue weighted by molar-refractivity contribution is 5.81. The summed E-state index contributed by atoms with van der Waals surface area (Å²) in [5.74, 6) is -0.608. The van der Waals surface area contributed by atoms with Crippen molar-refractivity contribution in [1.29, 1.82) is 0 Å². The summed E-state index contributed by atoms with van der Waals surface area (Å²) < 4.78 is 19.3. The number of piperazine rings is 1. The molecule has 2 aromatic carbocycles. The van der Waals surface area contributed by atoms with E-state index in [4.69, 9.17) is 4.74 Å². The summed E-state index contributed by atoms with van der Waals surface area (Å²) >= 11 is 0. The minimum absolute atomic E-state index is 0.0982. The largest absolute Gasteiger partial charge is 0.478 e. The van der Waals surface area contributed by atoms with Crippen molar-refractivity contribution in [3.63, 3.8) is 0 Å². The zero-order chi connectivity index (χ0) is 19.9. The second-order valence-electron chi connectivity index (χ2n) is 7.12. The lowest BCUT2D eigenvalue weighted by atomic mass is 10.1. The van der Waals surface area contributed by atoms with Crippen molar-refractivity contribution in [3.05, 3.63) is 59.9 Å². The fraction of sp³-hybridized carbons (Fsp3) is 0.409. The first-order valence-electron chi connectivity index (χ1n) is 9.78. The minimum Gasteiger partial charge on any atom is -0.478 e. The molecule has 1 aliphatic heterocycles. The number of benzene rings is 2. The molecule has 0 aliphatic carbocycles. The van der Waals surface area contributed by atoms with Crippen LogP contribution >= 0.6 is 0 Å². The Balaban J connectivity index is 1.52. The molecule has 1 heterocycles. The predicted octanol–water partition coefficient (Wildman–Crippen LogP) is 3.05. The maximum Gasteiger partial charge on any atom is 0.261 e. The van der Waals surface area contributed by atoms with Gasteiger partial charge in [0.15, 0.2) is 17.7 Å². The van der Waals surface area contributed by atoms with Crippen LogP contribution in [0.4, 0.5) is 10.1 Å². The van der Waals surface area contributed by atoms with Crippen LogP contribution in [0.15, 0.2) is 48.5 Å². The molecule has 1 amide bonds. The Bertz CT molecular complexity index is 774. The zero-order valence-electron chi connectivity index (χ0n) is 16.5. The molecule has 28 heavy (non-hydrogen) atoms. The molecule has 1 unspecified atom stereocenters. The molecule has 0 spiro atoms. The molecule has 2 aromatic rings. The summed E-state index contributed by atoms with van der Waals surface area (Å²) in [6.45, 7) is 6.45. The molecule has 1 fully saturated rings. The first-order valence-corrected chi connectivity index (χ1v) is 9.78. The van der Waals surface area contributed by atoms with Gasteiger partial charge in [0.1, 0.15) is 0 Å². The molecule has 5 nitrogen and oxygen atoms in total. The lowest BCUT2D eigenvalue weighted by Gasteiger charge is -2.34. The Labute approximate surface area is 166 Å². The lowest BCUT2D eigenvalue weighted by Crippen LogP contribution is -2.44. The number of hydrogen-bond donors (Lipinski definition) is 1. The predicted molar refractivity (Wildman–Crippen MR) is 109 cm³/mol. The van der Waals surface area contributed by atoms with E-state index in [9.17, 15) is 9.18 Å². The number of amides is 1. The first kappa shape index (κ1) is 20.1. The van der Waals surface area contributed by atoms with Crippen molar-refractivity contribution < 1.29 is 13.9 Å². The maximum atomic E-state index is 13.7. The third-order valence-corrected chi connectivity index (χ3v) is 5.04. The summed E-state index contributed by atoms with van der Waals surface area (Å²) in [5.41, 5.74) is 2.23. The van der Waals surface area contributed by atoms with Gasteiger partial charge in [0.05, 0.1) is 0 Å². The average Bonchev–Trinajstić information content (AvgIpc) is 2.72. The summed E-state index contributed by atoms with van der Waals surface area (Å²) in [4.78, 5) is 17.1. The number of nitrogens with one attached hydrogen (secondary N) is 1. The minimum atomic E-state index is -0.721. The van der Waals surface area contributed by atoms with Crippen molar-refractivity contribution in [2.45, 2.75) is 26.0 Å². The van der Waals surface area contributed by atoms with Crippen LogP contribution < -0.4 is 15.0 Å². The molecule has 3 rings (SSSR count). The summed E-state index contributed by atoms with van der Waals surface area (Å²) in [5, 5.41) is 2.89. The van der Waals surface area contributed by atoms with Crippen LogP contribution in [-0.2, 0) is 11.3 Å². The van der Waals surface area contributed by atoms with Crippen molar-refractivity contribution >= 4 is 11.6 Å². The highest BCUT2D eigenvalue weighted by atomic mass is 19.1. The van der Waals surface area contributed by atoms with Crippen molar-refractivity contribution in [2.75, 3.05) is 38.1 Å². The smallest absolute Gasteiger partial charge is 0.261 e. The Morgan fingerprint density at radius 3 is 2.43 bits per heavy atom. The number of hydrogen-bond acceptors (Lipinski definition) is 4. The molecule has 1 aliphatic rings. The normalized spacial score (nSPS) is 15.9. The molecular weight excluding hydrogens is 357 g/mol. The SMILES string of the molecule is CCC(Oc1ccccc1F)C(=O)NCc1ccc(N2CCN(C)CC2)cc1. The van der Waals surface area contributed by atoms with Gasteiger partial charge >= 0.3 is 0 Å². The molecule has 150 valence electrons. The van der Waals surface area contributed by atoms with Crippen LogP contribution in [0.5, 0.6) is 5.75 Å². The molecule has 0 radical (unpaired) electrons.